The van der Waals surface area contributed by atoms with E-state index in [4.69, 9.17) is 6.42 Å². The van der Waals surface area contributed by atoms with Crippen molar-refractivity contribution in [1.82, 2.24) is 15.2 Å². The minimum atomic E-state index is -0.161. The number of rotatable bonds is 5. The third-order valence-corrected chi connectivity index (χ3v) is 4.38. The Morgan fingerprint density at radius 1 is 1.28 bits per heavy atom. The van der Waals surface area contributed by atoms with E-state index in [1.165, 1.54) is 11.3 Å². The van der Waals surface area contributed by atoms with Gasteiger partial charge in [-0.15, -0.1) is 16.6 Å². The third kappa shape index (κ3) is 4.19. The van der Waals surface area contributed by atoms with Gasteiger partial charge in [0.2, 0.25) is 11.0 Å². The van der Waals surface area contributed by atoms with E-state index in [1.807, 2.05) is 24.3 Å². The van der Waals surface area contributed by atoms with Crippen molar-refractivity contribution in [2.24, 2.45) is 0 Å². The fourth-order valence-corrected chi connectivity index (χ4v) is 2.91. The molecule has 2 heterocycles. The highest BCUT2D eigenvalue weighted by atomic mass is 32.1. The molecule has 0 unspecified atom stereocenters. The Bertz CT molecular complexity index is 916. The van der Waals surface area contributed by atoms with Crippen molar-refractivity contribution in [2.45, 2.75) is 0 Å². The highest BCUT2D eigenvalue weighted by Crippen LogP contribution is 2.26. The van der Waals surface area contributed by atoms with Crippen LogP contribution >= 0.6 is 11.3 Å². The second kappa shape index (κ2) is 7.55. The molecule has 1 aromatic carbocycles. The number of amides is 1. The van der Waals surface area contributed by atoms with Crippen LogP contribution in [-0.2, 0) is 4.79 Å². The van der Waals surface area contributed by atoms with E-state index in [2.05, 4.69) is 26.4 Å². The van der Waals surface area contributed by atoms with Crippen LogP contribution in [0.3, 0.4) is 0 Å². The normalized spacial score (nSPS) is 10.1. The zero-order valence-corrected chi connectivity index (χ0v) is 14.3. The summed E-state index contributed by atoms with van der Waals surface area (Å²) in [5.74, 6) is 2.38. The van der Waals surface area contributed by atoms with Crippen LogP contribution in [0.5, 0.6) is 0 Å². The second-order valence-corrected chi connectivity index (χ2v) is 6.19. The standard InChI is InChI=1S/C18H15N5OS/c1-3-13-7-6-8-14(11-13)20-16(24)12-23(2)18-22-21-17(25-18)15-9-4-5-10-19-15/h1,4-11H,12H2,2H3,(H,20,24). The van der Waals surface area contributed by atoms with E-state index in [0.717, 1.165) is 11.3 Å². The molecule has 7 heteroatoms. The van der Waals surface area contributed by atoms with Crippen LogP contribution in [-0.4, -0.2) is 34.7 Å². The molecule has 0 atom stereocenters. The number of likely N-dealkylation sites (N-methyl/N-ethyl adjacent to an activating group) is 1. The molecule has 25 heavy (non-hydrogen) atoms. The first kappa shape index (κ1) is 16.6. The van der Waals surface area contributed by atoms with Gasteiger partial charge in [0.05, 0.1) is 6.54 Å². The zero-order valence-electron chi connectivity index (χ0n) is 13.5. The van der Waals surface area contributed by atoms with E-state index in [1.54, 1.807) is 36.3 Å². The Balaban J connectivity index is 1.64. The van der Waals surface area contributed by atoms with Crippen molar-refractivity contribution < 1.29 is 4.79 Å². The molecule has 3 aromatic rings. The minimum Gasteiger partial charge on any atom is -0.340 e. The Hall–Kier alpha value is -3.24. The maximum absolute atomic E-state index is 12.2. The lowest BCUT2D eigenvalue weighted by atomic mass is 10.2. The van der Waals surface area contributed by atoms with Crippen LogP contribution in [0.2, 0.25) is 0 Å². The van der Waals surface area contributed by atoms with Gasteiger partial charge in [-0.3, -0.25) is 9.78 Å². The highest BCUT2D eigenvalue weighted by Gasteiger charge is 2.14. The summed E-state index contributed by atoms with van der Waals surface area (Å²) >= 11 is 1.38. The number of carbonyl (C=O) groups excluding carboxylic acids is 1. The van der Waals surface area contributed by atoms with Crippen LogP contribution in [0.4, 0.5) is 10.8 Å². The monoisotopic (exact) mass is 349 g/mol. The minimum absolute atomic E-state index is 0.150. The Morgan fingerprint density at radius 2 is 2.16 bits per heavy atom. The summed E-state index contributed by atoms with van der Waals surface area (Å²) in [4.78, 5) is 18.2. The largest absolute Gasteiger partial charge is 0.340 e. The van der Waals surface area contributed by atoms with Crippen molar-refractivity contribution in [1.29, 1.82) is 0 Å². The SMILES string of the molecule is C#Cc1cccc(NC(=O)CN(C)c2nnc(-c3ccccn3)s2)c1. The van der Waals surface area contributed by atoms with Gasteiger partial charge in [-0.05, 0) is 30.3 Å². The first-order chi connectivity index (χ1) is 12.2. The van der Waals surface area contributed by atoms with Crippen molar-refractivity contribution in [3.05, 3.63) is 54.2 Å². The zero-order chi connectivity index (χ0) is 17.6. The maximum Gasteiger partial charge on any atom is 0.243 e. The predicted octanol–water partition coefficient (Wildman–Crippen LogP) is 2.66. The molecule has 1 amide bonds. The fourth-order valence-electron chi connectivity index (χ4n) is 2.13. The van der Waals surface area contributed by atoms with Gasteiger partial charge in [-0.1, -0.05) is 29.4 Å². The smallest absolute Gasteiger partial charge is 0.243 e. The molecule has 6 nitrogen and oxygen atoms in total. The molecule has 0 bridgehead atoms. The van der Waals surface area contributed by atoms with Gasteiger partial charge in [-0.2, -0.15) is 0 Å². The van der Waals surface area contributed by atoms with Gasteiger partial charge in [0, 0.05) is 24.5 Å². The fraction of sp³-hybridized carbons (Fsp3) is 0.111. The summed E-state index contributed by atoms with van der Waals surface area (Å²) in [6.45, 7) is 0.150. The molecule has 0 aliphatic rings. The molecule has 0 aliphatic carbocycles. The van der Waals surface area contributed by atoms with E-state index in [0.29, 0.717) is 15.8 Å². The average molecular weight is 349 g/mol. The van der Waals surface area contributed by atoms with E-state index >= 15 is 0 Å². The quantitative estimate of drug-likeness (QED) is 0.717. The van der Waals surface area contributed by atoms with Crippen LogP contribution < -0.4 is 10.2 Å². The number of carbonyl (C=O) groups is 1. The summed E-state index contributed by atoms with van der Waals surface area (Å²) in [6, 6.07) is 12.8. The van der Waals surface area contributed by atoms with Crippen LogP contribution in [0.25, 0.3) is 10.7 Å². The molecule has 124 valence electrons. The molecule has 3 rings (SSSR count). The lowest BCUT2D eigenvalue weighted by Crippen LogP contribution is -2.30. The number of terminal acetylenes is 1. The summed E-state index contributed by atoms with van der Waals surface area (Å²) in [5.41, 5.74) is 2.14. The van der Waals surface area contributed by atoms with Crippen molar-refractivity contribution in [3.63, 3.8) is 0 Å². The lowest BCUT2D eigenvalue weighted by molar-refractivity contribution is -0.114. The first-order valence-corrected chi connectivity index (χ1v) is 8.30. The summed E-state index contributed by atoms with van der Waals surface area (Å²) < 4.78 is 0. The van der Waals surface area contributed by atoms with Gasteiger partial charge in [0.25, 0.3) is 0 Å². The van der Waals surface area contributed by atoms with Crippen molar-refractivity contribution in [3.8, 4) is 23.0 Å². The van der Waals surface area contributed by atoms with Gasteiger partial charge >= 0.3 is 0 Å². The molecule has 2 aromatic heterocycles. The topological polar surface area (TPSA) is 71.0 Å². The Labute approximate surface area is 149 Å². The highest BCUT2D eigenvalue weighted by molar-refractivity contribution is 7.18. The summed E-state index contributed by atoms with van der Waals surface area (Å²) in [6.07, 6.45) is 7.07. The number of anilines is 2. The van der Waals surface area contributed by atoms with Crippen LogP contribution in [0.15, 0.2) is 48.7 Å². The number of pyridine rings is 1. The van der Waals surface area contributed by atoms with E-state index in [9.17, 15) is 4.79 Å². The summed E-state index contributed by atoms with van der Waals surface area (Å²) in [5, 5.41) is 12.4. The van der Waals surface area contributed by atoms with Gasteiger partial charge in [0.15, 0.2) is 5.01 Å². The molecule has 1 N–H and O–H groups in total. The third-order valence-electron chi connectivity index (χ3n) is 3.32. The van der Waals surface area contributed by atoms with Crippen LogP contribution in [0, 0.1) is 12.3 Å². The molecule has 0 radical (unpaired) electrons. The van der Waals surface area contributed by atoms with E-state index < -0.39 is 0 Å². The molecular formula is C18H15N5OS. The first-order valence-electron chi connectivity index (χ1n) is 7.48. The van der Waals surface area contributed by atoms with Gasteiger partial charge in [0.1, 0.15) is 5.69 Å². The number of nitrogens with zero attached hydrogens (tertiary/aromatic N) is 4. The maximum atomic E-state index is 12.2. The number of benzene rings is 1. The number of nitrogens with one attached hydrogen (secondary N) is 1. The van der Waals surface area contributed by atoms with E-state index in [-0.39, 0.29) is 12.5 Å². The van der Waals surface area contributed by atoms with Gasteiger partial charge < -0.3 is 10.2 Å². The number of hydrogen-bond acceptors (Lipinski definition) is 6. The average Bonchev–Trinajstić information content (AvgIpc) is 3.13. The molecule has 0 saturated heterocycles. The molecule has 0 fully saturated rings. The lowest BCUT2D eigenvalue weighted by Gasteiger charge is -2.14. The second-order valence-electron chi connectivity index (χ2n) is 5.23. The van der Waals surface area contributed by atoms with Crippen LogP contribution in [0.1, 0.15) is 5.56 Å². The molecule has 0 spiro atoms. The number of aromatic nitrogens is 3. The molecular weight excluding hydrogens is 334 g/mol. The molecule has 0 saturated carbocycles. The van der Waals surface area contributed by atoms with Crippen molar-refractivity contribution >= 4 is 28.1 Å². The number of hydrogen-bond donors (Lipinski definition) is 1. The van der Waals surface area contributed by atoms with Gasteiger partial charge in [-0.25, -0.2) is 0 Å². The van der Waals surface area contributed by atoms with Crippen molar-refractivity contribution in [2.75, 3.05) is 23.8 Å². The Kier molecular flexibility index (Phi) is 5.02. The summed E-state index contributed by atoms with van der Waals surface area (Å²) in [7, 11) is 1.79. The molecule has 0 aliphatic heterocycles. The Morgan fingerprint density at radius 3 is 2.92 bits per heavy atom. The predicted molar refractivity (Wildman–Crippen MR) is 99.4 cm³/mol.